The van der Waals surface area contributed by atoms with Crippen LogP contribution < -0.4 is 0 Å². The summed E-state index contributed by atoms with van der Waals surface area (Å²) in [4.78, 5) is 25.9. The molecule has 1 fully saturated rings. The van der Waals surface area contributed by atoms with Crippen LogP contribution in [0, 0.1) is 22.7 Å². The highest BCUT2D eigenvalue weighted by molar-refractivity contribution is 5.91. The van der Waals surface area contributed by atoms with E-state index in [1.165, 1.54) is 25.4 Å². The van der Waals surface area contributed by atoms with Gasteiger partial charge in [0.25, 0.3) is 0 Å². The molecule has 4 unspecified atom stereocenters. The number of methoxy groups -OCH3 is 2. The highest BCUT2D eigenvalue weighted by Gasteiger charge is 2.75. The third kappa shape index (κ3) is 1.90. The second kappa shape index (κ2) is 6.29. The van der Waals surface area contributed by atoms with Gasteiger partial charge >= 0.3 is 11.9 Å². The van der Waals surface area contributed by atoms with Crippen LogP contribution in [0.15, 0.2) is 11.1 Å². The number of rotatable bonds is 6. The van der Waals surface area contributed by atoms with E-state index in [2.05, 4.69) is 13.8 Å². The molecule has 1 saturated carbocycles. The Labute approximate surface area is 139 Å². The standard InChI is InChI=1S/C19H30O4/c1-7-12-13(8-2)15-11-14(12)18(9-3,16(20)22-5)19(15,10-4)17(21)23-6/h14-15H,7-11H2,1-6H3. The van der Waals surface area contributed by atoms with E-state index in [9.17, 15) is 9.59 Å². The van der Waals surface area contributed by atoms with Crippen molar-refractivity contribution >= 4 is 11.9 Å². The fraction of sp³-hybridized carbons (Fsp3) is 0.789. The number of ether oxygens (including phenoxy) is 2. The van der Waals surface area contributed by atoms with Crippen LogP contribution in [-0.4, -0.2) is 26.2 Å². The number of hydrogen-bond acceptors (Lipinski definition) is 4. The topological polar surface area (TPSA) is 52.6 Å². The molecule has 2 aliphatic rings. The van der Waals surface area contributed by atoms with E-state index in [0.29, 0.717) is 12.8 Å². The maximum atomic E-state index is 13.0. The molecule has 0 saturated heterocycles. The Balaban J connectivity index is 2.79. The molecule has 0 spiro atoms. The highest BCUT2D eigenvalue weighted by Crippen LogP contribution is 2.72. The van der Waals surface area contributed by atoms with Gasteiger partial charge in [-0.2, -0.15) is 0 Å². The molecule has 130 valence electrons. The van der Waals surface area contributed by atoms with Gasteiger partial charge < -0.3 is 9.47 Å². The van der Waals surface area contributed by atoms with E-state index in [4.69, 9.17) is 9.47 Å². The van der Waals surface area contributed by atoms with Gasteiger partial charge in [-0.1, -0.05) is 38.8 Å². The van der Waals surface area contributed by atoms with Gasteiger partial charge in [-0.25, -0.2) is 0 Å². The first-order valence-corrected chi connectivity index (χ1v) is 8.85. The SMILES string of the molecule is CCC1=C(CC)C2CC1C(CC)(C(=O)OC)C2(CC)C(=O)OC. The molecule has 0 aromatic rings. The van der Waals surface area contributed by atoms with E-state index in [1.54, 1.807) is 0 Å². The molecule has 0 aliphatic heterocycles. The average Bonchev–Trinajstić information content (AvgIpc) is 3.10. The lowest BCUT2D eigenvalue weighted by molar-refractivity contribution is -0.182. The summed E-state index contributed by atoms with van der Waals surface area (Å²) in [5.41, 5.74) is 1.16. The number of carbonyl (C=O) groups excluding carboxylic acids is 2. The van der Waals surface area contributed by atoms with Crippen molar-refractivity contribution in [1.29, 1.82) is 0 Å². The Kier molecular flexibility index (Phi) is 4.93. The van der Waals surface area contributed by atoms with Crippen molar-refractivity contribution in [3.8, 4) is 0 Å². The summed E-state index contributed by atoms with van der Waals surface area (Å²) in [6.45, 7) is 8.30. The first-order chi connectivity index (χ1) is 11.0. The summed E-state index contributed by atoms with van der Waals surface area (Å²) in [5.74, 6) is -0.297. The Morgan fingerprint density at radius 2 is 1.22 bits per heavy atom. The number of allylic oxidation sites excluding steroid dienone is 2. The first kappa shape index (κ1) is 18.0. The van der Waals surface area contributed by atoms with Crippen molar-refractivity contribution in [3.63, 3.8) is 0 Å². The van der Waals surface area contributed by atoms with Crippen LogP contribution >= 0.6 is 0 Å². The summed E-state index contributed by atoms with van der Waals surface area (Å²) in [6, 6.07) is 0. The predicted molar refractivity (Wildman–Crippen MR) is 88.7 cm³/mol. The minimum atomic E-state index is -0.793. The molecule has 0 N–H and O–H groups in total. The van der Waals surface area contributed by atoms with Gasteiger partial charge in [0.15, 0.2) is 0 Å². The fourth-order valence-corrected chi connectivity index (χ4v) is 5.96. The van der Waals surface area contributed by atoms with Crippen molar-refractivity contribution in [2.24, 2.45) is 22.7 Å². The second-order valence-electron chi connectivity index (χ2n) is 6.73. The highest BCUT2D eigenvalue weighted by atomic mass is 16.5. The summed E-state index contributed by atoms with van der Waals surface area (Å²) < 4.78 is 10.5. The minimum absolute atomic E-state index is 0.101. The normalized spacial score (nSPS) is 35.6. The van der Waals surface area contributed by atoms with E-state index < -0.39 is 10.8 Å². The van der Waals surface area contributed by atoms with Crippen LogP contribution in [0.1, 0.15) is 59.8 Å². The second-order valence-corrected chi connectivity index (χ2v) is 6.73. The minimum Gasteiger partial charge on any atom is -0.469 e. The van der Waals surface area contributed by atoms with E-state index in [1.807, 2.05) is 13.8 Å². The number of fused-ring (bicyclic) bond motifs is 2. The van der Waals surface area contributed by atoms with Gasteiger partial charge in [0.05, 0.1) is 25.0 Å². The molecule has 0 aromatic heterocycles. The van der Waals surface area contributed by atoms with Gasteiger partial charge in [0.1, 0.15) is 0 Å². The Morgan fingerprint density at radius 3 is 1.43 bits per heavy atom. The van der Waals surface area contributed by atoms with Gasteiger partial charge in [0, 0.05) is 0 Å². The third-order valence-electron chi connectivity index (χ3n) is 6.69. The lowest BCUT2D eigenvalue weighted by Gasteiger charge is -2.50. The van der Waals surface area contributed by atoms with Gasteiger partial charge in [-0.3, -0.25) is 9.59 Å². The van der Waals surface area contributed by atoms with E-state index in [-0.39, 0.29) is 23.8 Å². The summed E-state index contributed by atoms with van der Waals surface area (Å²) in [5, 5.41) is 0. The lowest BCUT2D eigenvalue weighted by atomic mass is 9.52. The first-order valence-electron chi connectivity index (χ1n) is 8.85. The lowest BCUT2D eigenvalue weighted by Crippen LogP contribution is -2.57. The molecule has 2 aliphatic carbocycles. The van der Waals surface area contributed by atoms with Crippen LogP contribution in [0.2, 0.25) is 0 Å². The van der Waals surface area contributed by atoms with Gasteiger partial charge in [0.2, 0.25) is 0 Å². The zero-order chi connectivity index (χ0) is 17.4. The largest absolute Gasteiger partial charge is 0.469 e. The quantitative estimate of drug-likeness (QED) is 0.550. The van der Waals surface area contributed by atoms with Crippen molar-refractivity contribution in [3.05, 3.63) is 11.1 Å². The van der Waals surface area contributed by atoms with Crippen LogP contribution in [-0.2, 0) is 19.1 Å². The number of carbonyl (C=O) groups is 2. The number of esters is 2. The molecule has 4 nitrogen and oxygen atoms in total. The average molecular weight is 322 g/mol. The van der Waals surface area contributed by atoms with Crippen molar-refractivity contribution < 1.29 is 19.1 Å². The Morgan fingerprint density at radius 1 is 0.870 bits per heavy atom. The molecule has 0 radical (unpaired) electrons. The van der Waals surface area contributed by atoms with Crippen LogP contribution in [0.5, 0.6) is 0 Å². The maximum absolute atomic E-state index is 13.0. The van der Waals surface area contributed by atoms with Gasteiger partial charge in [-0.05, 0) is 43.9 Å². The maximum Gasteiger partial charge on any atom is 0.313 e. The van der Waals surface area contributed by atoms with Crippen LogP contribution in [0.4, 0.5) is 0 Å². The molecule has 2 rings (SSSR count). The fourth-order valence-electron chi connectivity index (χ4n) is 5.96. The molecular weight excluding hydrogens is 292 g/mol. The van der Waals surface area contributed by atoms with E-state index in [0.717, 1.165) is 19.3 Å². The van der Waals surface area contributed by atoms with Crippen LogP contribution in [0.3, 0.4) is 0 Å². The molecule has 2 bridgehead atoms. The molecule has 0 amide bonds. The Hall–Kier alpha value is -1.32. The summed E-state index contributed by atoms with van der Waals surface area (Å²) >= 11 is 0. The van der Waals surface area contributed by atoms with Crippen LogP contribution in [0.25, 0.3) is 0 Å². The van der Waals surface area contributed by atoms with Crippen molar-refractivity contribution in [2.75, 3.05) is 14.2 Å². The molecule has 23 heavy (non-hydrogen) atoms. The molecule has 4 heteroatoms. The summed E-state index contributed by atoms with van der Waals surface area (Å²) in [7, 11) is 2.86. The number of hydrogen-bond donors (Lipinski definition) is 0. The molecule has 0 aromatic carbocycles. The van der Waals surface area contributed by atoms with Crippen molar-refractivity contribution in [2.45, 2.75) is 59.8 Å². The Bertz CT molecular complexity index is 489. The molecule has 0 heterocycles. The third-order valence-corrected chi connectivity index (χ3v) is 6.69. The molecular formula is C19H30O4. The predicted octanol–water partition coefficient (Wildman–Crippen LogP) is 3.89. The van der Waals surface area contributed by atoms with Crippen molar-refractivity contribution in [1.82, 2.24) is 0 Å². The monoisotopic (exact) mass is 322 g/mol. The summed E-state index contributed by atoms with van der Waals surface area (Å²) in [6.07, 6.45) is 3.95. The zero-order valence-electron chi connectivity index (χ0n) is 15.3. The zero-order valence-corrected chi connectivity index (χ0v) is 15.3. The molecule has 4 atom stereocenters. The van der Waals surface area contributed by atoms with Gasteiger partial charge in [-0.15, -0.1) is 0 Å². The smallest absolute Gasteiger partial charge is 0.313 e. The van der Waals surface area contributed by atoms with E-state index >= 15 is 0 Å².